The molecule has 58 valence electrons. The molecule has 3 heteroatoms. The minimum Gasteiger partial charge on any atom is -0.192 e. The molecule has 0 radical (unpaired) electrons. The van der Waals surface area contributed by atoms with Gasteiger partial charge in [0.25, 0.3) is 0 Å². The highest BCUT2D eigenvalue weighted by molar-refractivity contribution is 9.08. The van der Waals surface area contributed by atoms with Gasteiger partial charge in [-0.15, -0.1) is 0 Å². The van der Waals surface area contributed by atoms with Gasteiger partial charge in [0.1, 0.15) is 12.1 Å². The van der Waals surface area contributed by atoms with Crippen LogP contribution in [0.2, 0.25) is 0 Å². The molecule has 1 aromatic rings. The largest absolute Gasteiger partial charge is 0.192 e. The van der Waals surface area contributed by atoms with Gasteiger partial charge in [-0.05, 0) is 17.7 Å². The Morgan fingerprint density at radius 3 is 2.33 bits per heavy atom. The third kappa shape index (κ3) is 1.64. The molecule has 2 nitrogen and oxygen atoms in total. The molecule has 0 fully saturated rings. The van der Waals surface area contributed by atoms with Gasteiger partial charge in [0.05, 0.1) is 11.1 Å². The number of halogens is 1. The standard InChI is InChI=1S/C9H5BrN2/c10-4-7-1-2-8(5-11)9(3-7)6-12/h1-3H,4H2. The van der Waals surface area contributed by atoms with E-state index in [0.717, 1.165) is 5.56 Å². The van der Waals surface area contributed by atoms with Crippen LogP contribution in [0, 0.1) is 22.7 Å². The zero-order chi connectivity index (χ0) is 8.97. The Kier molecular flexibility index (Phi) is 2.85. The zero-order valence-electron chi connectivity index (χ0n) is 6.21. The molecule has 0 unspecified atom stereocenters. The van der Waals surface area contributed by atoms with Gasteiger partial charge < -0.3 is 0 Å². The van der Waals surface area contributed by atoms with Crippen LogP contribution in [0.4, 0.5) is 0 Å². The summed E-state index contributed by atoms with van der Waals surface area (Å²) in [6, 6.07) is 9.14. The van der Waals surface area contributed by atoms with Crippen LogP contribution >= 0.6 is 15.9 Å². The van der Waals surface area contributed by atoms with Crippen molar-refractivity contribution in [2.75, 3.05) is 0 Å². The number of hydrogen-bond acceptors (Lipinski definition) is 2. The molecule has 0 aliphatic carbocycles. The van der Waals surface area contributed by atoms with Crippen LogP contribution in [-0.4, -0.2) is 0 Å². The summed E-state index contributed by atoms with van der Waals surface area (Å²) in [5.41, 5.74) is 1.88. The molecule has 0 aromatic heterocycles. The highest BCUT2D eigenvalue weighted by Gasteiger charge is 2.00. The maximum absolute atomic E-state index is 8.65. The van der Waals surface area contributed by atoms with Crippen molar-refractivity contribution in [2.24, 2.45) is 0 Å². The van der Waals surface area contributed by atoms with Crippen molar-refractivity contribution in [3.63, 3.8) is 0 Å². The Labute approximate surface area is 79.2 Å². The Morgan fingerprint density at radius 2 is 1.83 bits per heavy atom. The maximum atomic E-state index is 8.65. The zero-order valence-corrected chi connectivity index (χ0v) is 7.80. The second kappa shape index (κ2) is 3.90. The number of hydrogen-bond donors (Lipinski definition) is 0. The molecule has 0 spiro atoms. The molecule has 0 heterocycles. The maximum Gasteiger partial charge on any atom is 0.101 e. The van der Waals surface area contributed by atoms with Crippen LogP contribution in [-0.2, 0) is 5.33 Å². The van der Waals surface area contributed by atoms with E-state index in [1.54, 1.807) is 12.1 Å². The lowest BCUT2D eigenvalue weighted by Gasteiger charge is -1.96. The van der Waals surface area contributed by atoms with Crippen LogP contribution in [0.25, 0.3) is 0 Å². The smallest absolute Gasteiger partial charge is 0.101 e. The van der Waals surface area contributed by atoms with E-state index in [2.05, 4.69) is 15.9 Å². The van der Waals surface area contributed by atoms with Gasteiger partial charge in [-0.25, -0.2) is 0 Å². The van der Waals surface area contributed by atoms with Gasteiger partial charge in [-0.3, -0.25) is 0 Å². The first-order valence-electron chi connectivity index (χ1n) is 3.31. The molecule has 1 aromatic carbocycles. The minimum absolute atomic E-state index is 0.433. The van der Waals surface area contributed by atoms with E-state index in [1.807, 2.05) is 18.2 Å². The normalized spacial score (nSPS) is 8.58. The van der Waals surface area contributed by atoms with Crippen molar-refractivity contribution >= 4 is 15.9 Å². The van der Waals surface area contributed by atoms with Gasteiger partial charge in [0.15, 0.2) is 0 Å². The summed E-state index contributed by atoms with van der Waals surface area (Å²) >= 11 is 3.27. The topological polar surface area (TPSA) is 47.6 Å². The van der Waals surface area contributed by atoms with Crippen molar-refractivity contribution in [3.05, 3.63) is 34.9 Å². The molecule has 0 bridgehead atoms. The summed E-state index contributed by atoms with van der Waals surface area (Å²) in [6.45, 7) is 0. The summed E-state index contributed by atoms with van der Waals surface area (Å²) in [6.07, 6.45) is 0. The fourth-order valence-corrected chi connectivity index (χ4v) is 1.21. The first-order valence-corrected chi connectivity index (χ1v) is 4.43. The fraction of sp³-hybridized carbons (Fsp3) is 0.111. The van der Waals surface area contributed by atoms with Crippen molar-refractivity contribution in [3.8, 4) is 12.1 Å². The Hall–Kier alpha value is -1.32. The summed E-state index contributed by atoms with van der Waals surface area (Å²) in [7, 11) is 0. The monoisotopic (exact) mass is 220 g/mol. The lowest BCUT2D eigenvalue weighted by atomic mass is 10.1. The Morgan fingerprint density at radius 1 is 1.17 bits per heavy atom. The number of rotatable bonds is 1. The van der Waals surface area contributed by atoms with Crippen LogP contribution in [0.3, 0.4) is 0 Å². The molecular formula is C9H5BrN2. The number of alkyl halides is 1. The van der Waals surface area contributed by atoms with Gasteiger partial charge in [0, 0.05) is 5.33 Å². The molecular weight excluding hydrogens is 216 g/mol. The first kappa shape index (κ1) is 8.77. The fourth-order valence-electron chi connectivity index (χ4n) is 0.865. The lowest BCUT2D eigenvalue weighted by molar-refractivity contribution is 1.37. The highest BCUT2D eigenvalue weighted by Crippen LogP contribution is 2.12. The highest BCUT2D eigenvalue weighted by atomic mass is 79.9. The number of benzene rings is 1. The average molecular weight is 221 g/mol. The Balaban J connectivity index is 3.25. The summed E-state index contributed by atoms with van der Waals surface area (Å²) in [4.78, 5) is 0. The predicted molar refractivity (Wildman–Crippen MR) is 48.5 cm³/mol. The Bertz CT molecular complexity index is 371. The van der Waals surface area contributed by atoms with Crippen LogP contribution in [0.1, 0.15) is 16.7 Å². The summed E-state index contributed by atoms with van der Waals surface area (Å²) in [5.74, 6) is 0. The molecule has 0 N–H and O–H groups in total. The third-order valence-corrected chi connectivity index (χ3v) is 2.13. The van der Waals surface area contributed by atoms with Gasteiger partial charge in [-0.2, -0.15) is 10.5 Å². The van der Waals surface area contributed by atoms with Gasteiger partial charge in [0.2, 0.25) is 0 Å². The second-order valence-electron chi connectivity index (χ2n) is 2.24. The van der Waals surface area contributed by atoms with Crippen LogP contribution in [0.5, 0.6) is 0 Å². The molecule has 0 atom stereocenters. The minimum atomic E-state index is 0.433. The quantitative estimate of drug-likeness (QED) is 0.683. The SMILES string of the molecule is N#Cc1ccc(CBr)cc1C#N. The predicted octanol–water partition coefficient (Wildman–Crippen LogP) is 2.32. The molecule has 0 amide bonds. The van der Waals surface area contributed by atoms with Gasteiger partial charge in [-0.1, -0.05) is 22.0 Å². The third-order valence-electron chi connectivity index (χ3n) is 1.48. The van der Waals surface area contributed by atoms with Crippen molar-refractivity contribution in [2.45, 2.75) is 5.33 Å². The van der Waals surface area contributed by atoms with Gasteiger partial charge >= 0.3 is 0 Å². The van der Waals surface area contributed by atoms with Crippen molar-refractivity contribution in [1.82, 2.24) is 0 Å². The number of nitrogens with zero attached hydrogens (tertiary/aromatic N) is 2. The molecule has 0 saturated heterocycles. The van der Waals surface area contributed by atoms with Crippen molar-refractivity contribution < 1.29 is 0 Å². The van der Waals surface area contributed by atoms with Crippen molar-refractivity contribution in [1.29, 1.82) is 10.5 Å². The molecule has 1 rings (SSSR count). The van der Waals surface area contributed by atoms with E-state index in [9.17, 15) is 0 Å². The van der Waals surface area contributed by atoms with Crippen LogP contribution < -0.4 is 0 Å². The van der Waals surface area contributed by atoms with E-state index in [-0.39, 0.29) is 0 Å². The summed E-state index contributed by atoms with van der Waals surface area (Å²) in [5, 5.41) is 18.0. The van der Waals surface area contributed by atoms with E-state index in [4.69, 9.17) is 10.5 Å². The number of nitriles is 2. The first-order chi connectivity index (χ1) is 5.81. The lowest BCUT2D eigenvalue weighted by Crippen LogP contribution is -1.85. The van der Waals surface area contributed by atoms with E-state index in [1.165, 1.54) is 0 Å². The molecule has 0 aliphatic heterocycles. The van der Waals surface area contributed by atoms with Crippen LogP contribution in [0.15, 0.2) is 18.2 Å². The van der Waals surface area contributed by atoms with E-state index < -0.39 is 0 Å². The molecule has 0 aliphatic rings. The van der Waals surface area contributed by atoms with E-state index >= 15 is 0 Å². The summed E-state index contributed by atoms with van der Waals surface area (Å²) < 4.78 is 0. The molecule has 0 saturated carbocycles. The average Bonchev–Trinajstić information content (AvgIpc) is 2.16. The molecule has 12 heavy (non-hydrogen) atoms. The van der Waals surface area contributed by atoms with E-state index in [0.29, 0.717) is 16.5 Å². The second-order valence-corrected chi connectivity index (χ2v) is 2.80.